The molecule has 0 saturated carbocycles. The number of benzene rings is 2. The van der Waals surface area contributed by atoms with E-state index in [1.807, 2.05) is 30.3 Å². The van der Waals surface area contributed by atoms with Crippen molar-refractivity contribution in [3.05, 3.63) is 72.3 Å². The molecule has 2 heterocycles. The van der Waals surface area contributed by atoms with Gasteiger partial charge in [0.25, 0.3) is 0 Å². The first-order valence-electron chi connectivity index (χ1n) is 8.92. The lowest BCUT2D eigenvalue weighted by Crippen LogP contribution is -2.11. The quantitative estimate of drug-likeness (QED) is 0.505. The van der Waals surface area contributed by atoms with E-state index in [0.717, 1.165) is 27.7 Å². The molecule has 0 aliphatic rings. The number of aromatic nitrogens is 4. The molecule has 0 amide bonds. The molecule has 0 fully saturated rings. The number of nitrogens with zero attached hydrogens (tertiary/aromatic N) is 2. The van der Waals surface area contributed by atoms with Crippen LogP contribution in [0.2, 0.25) is 0 Å². The van der Waals surface area contributed by atoms with Crippen molar-refractivity contribution < 1.29 is 9.53 Å². The number of fused-ring (bicyclic) bond motifs is 1. The van der Waals surface area contributed by atoms with Crippen molar-refractivity contribution in [2.24, 2.45) is 0 Å². The molecule has 136 valence electrons. The van der Waals surface area contributed by atoms with Gasteiger partial charge < -0.3 is 9.72 Å². The zero-order valence-corrected chi connectivity index (χ0v) is 15.0. The second kappa shape index (κ2) is 7.45. The largest absolute Gasteiger partial charge is 0.454 e. The predicted molar refractivity (Wildman–Crippen MR) is 103 cm³/mol. The van der Waals surface area contributed by atoms with Crippen LogP contribution in [0.5, 0.6) is 0 Å². The van der Waals surface area contributed by atoms with Gasteiger partial charge in [-0.25, -0.2) is 4.98 Å². The minimum atomic E-state index is -0.448. The molecule has 6 nitrogen and oxygen atoms in total. The van der Waals surface area contributed by atoms with Crippen molar-refractivity contribution in [1.29, 1.82) is 0 Å². The molecule has 2 N–H and O–H groups in total. The second-order valence-electron chi connectivity index (χ2n) is 6.39. The molecule has 4 aromatic rings. The molecule has 0 spiro atoms. The minimum Gasteiger partial charge on any atom is -0.454 e. The van der Waals surface area contributed by atoms with Crippen molar-refractivity contribution in [3.8, 4) is 11.3 Å². The summed E-state index contributed by atoms with van der Waals surface area (Å²) in [4.78, 5) is 19.9. The first kappa shape index (κ1) is 17.0. The zero-order valence-electron chi connectivity index (χ0n) is 15.0. The SMILES string of the molecule is CC(OC(=O)CCc1c(-c2ccccc2)[nH]c2ccccc12)c1ncn[nH]1. The van der Waals surface area contributed by atoms with Gasteiger partial charge in [-0.1, -0.05) is 48.5 Å². The van der Waals surface area contributed by atoms with Gasteiger partial charge in [0.1, 0.15) is 6.33 Å². The van der Waals surface area contributed by atoms with E-state index in [1.54, 1.807) is 6.92 Å². The van der Waals surface area contributed by atoms with E-state index >= 15 is 0 Å². The summed E-state index contributed by atoms with van der Waals surface area (Å²) in [5.41, 5.74) is 4.34. The van der Waals surface area contributed by atoms with Gasteiger partial charge in [0.15, 0.2) is 11.9 Å². The van der Waals surface area contributed by atoms with Crippen molar-refractivity contribution >= 4 is 16.9 Å². The van der Waals surface area contributed by atoms with Gasteiger partial charge in [0.2, 0.25) is 0 Å². The summed E-state index contributed by atoms with van der Waals surface area (Å²) in [5, 5.41) is 7.64. The number of carbonyl (C=O) groups is 1. The van der Waals surface area contributed by atoms with E-state index in [9.17, 15) is 4.79 Å². The Labute approximate surface area is 156 Å². The number of aromatic amines is 2. The Morgan fingerprint density at radius 3 is 2.67 bits per heavy atom. The normalized spacial score (nSPS) is 12.2. The molecule has 2 aromatic carbocycles. The lowest BCUT2D eigenvalue weighted by atomic mass is 10.0. The Morgan fingerprint density at radius 2 is 1.89 bits per heavy atom. The molecule has 27 heavy (non-hydrogen) atoms. The number of esters is 1. The van der Waals surface area contributed by atoms with Crippen LogP contribution >= 0.6 is 0 Å². The van der Waals surface area contributed by atoms with Crippen molar-refractivity contribution in [1.82, 2.24) is 20.2 Å². The van der Waals surface area contributed by atoms with Crippen LogP contribution in [0.4, 0.5) is 0 Å². The van der Waals surface area contributed by atoms with Crippen LogP contribution in [0, 0.1) is 0 Å². The molecule has 2 aromatic heterocycles. The molecule has 1 atom stereocenters. The Hall–Kier alpha value is -3.41. The van der Waals surface area contributed by atoms with Crippen molar-refractivity contribution in [2.75, 3.05) is 0 Å². The molecular weight excluding hydrogens is 340 g/mol. The topological polar surface area (TPSA) is 83.7 Å². The second-order valence-corrected chi connectivity index (χ2v) is 6.39. The van der Waals surface area contributed by atoms with E-state index in [2.05, 4.69) is 44.4 Å². The third kappa shape index (κ3) is 3.60. The molecule has 0 bridgehead atoms. The summed E-state index contributed by atoms with van der Waals surface area (Å²) in [6.45, 7) is 1.78. The first-order chi connectivity index (χ1) is 13.2. The molecule has 4 rings (SSSR count). The number of aryl methyl sites for hydroxylation is 1. The van der Waals surface area contributed by atoms with Gasteiger partial charge in [-0.2, -0.15) is 5.10 Å². The average molecular weight is 360 g/mol. The molecule has 0 aliphatic heterocycles. The average Bonchev–Trinajstić information content (AvgIpc) is 3.35. The highest BCUT2D eigenvalue weighted by atomic mass is 16.5. The van der Waals surface area contributed by atoms with Gasteiger partial charge in [-0.3, -0.25) is 9.89 Å². The van der Waals surface area contributed by atoms with Gasteiger partial charge in [-0.05, 0) is 30.5 Å². The maximum atomic E-state index is 12.3. The summed E-state index contributed by atoms with van der Waals surface area (Å²) in [5.74, 6) is 0.281. The number of ether oxygens (including phenoxy) is 1. The molecule has 0 radical (unpaired) electrons. The van der Waals surface area contributed by atoms with Gasteiger partial charge in [-0.15, -0.1) is 0 Å². The fraction of sp³-hybridized carbons (Fsp3) is 0.190. The summed E-state index contributed by atoms with van der Waals surface area (Å²) < 4.78 is 5.47. The number of H-pyrrole nitrogens is 2. The fourth-order valence-electron chi connectivity index (χ4n) is 3.26. The summed E-state index contributed by atoms with van der Waals surface area (Å²) in [7, 11) is 0. The Balaban J connectivity index is 1.55. The van der Waals surface area contributed by atoms with Gasteiger partial charge in [0, 0.05) is 23.0 Å². The van der Waals surface area contributed by atoms with Crippen LogP contribution in [0.15, 0.2) is 60.9 Å². The van der Waals surface area contributed by atoms with E-state index in [4.69, 9.17) is 4.74 Å². The highest BCUT2D eigenvalue weighted by Gasteiger charge is 2.17. The Bertz CT molecular complexity index is 1040. The van der Waals surface area contributed by atoms with Crippen LogP contribution < -0.4 is 0 Å². The lowest BCUT2D eigenvalue weighted by molar-refractivity contribution is -0.148. The number of hydrogen-bond acceptors (Lipinski definition) is 4. The molecule has 6 heteroatoms. The third-order valence-electron chi connectivity index (χ3n) is 4.58. The molecule has 0 aliphatic carbocycles. The molecule has 0 saturated heterocycles. The van der Waals surface area contributed by atoms with E-state index in [0.29, 0.717) is 18.7 Å². The van der Waals surface area contributed by atoms with Crippen molar-refractivity contribution in [2.45, 2.75) is 25.9 Å². The van der Waals surface area contributed by atoms with E-state index < -0.39 is 6.10 Å². The van der Waals surface area contributed by atoms with Crippen LogP contribution in [-0.4, -0.2) is 26.1 Å². The predicted octanol–water partition coefficient (Wildman–Crippen LogP) is 4.19. The summed E-state index contributed by atoms with van der Waals surface area (Å²) in [6, 6.07) is 18.3. The van der Waals surface area contributed by atoms with E-state index in [1.165, 1.54) is 6.33 Å². The van der Waals surface area contributed by atoms with Crippen LogP contribution in [0.3, 0.4) is 0 Å². The maximum absolute atomic E-state index is 12.3. The Morgan fingerprint density at radius 1 is 1.11 bits per heavy atom. The number of carbonyl (C=O) groups excluding carboxylic acids is 1. The van der Waals surface area contributed by atoms with Gasteiger partial charge in [0.05, 0.1) is 0 Å². The number of para-hydroxylation sites is 1. The Kier molecular flexibility index (Phi) is 4.70. The standard InChI is InChI=1S/C21H20N4O2/c1-14(21-22-13-23-25-21)27-19(26)12-11-17-16-9-5-6-10-18(16)24-20(17)15-7-3-2-4-8-15/h2-10,13-14,24H,11-12H2,1H3,(H,22,23,25). The van der Waals surface area contributed by atoms with Gasteiger partial charge >= 0.3 is 5.97 Å². The molecule has 1 unspecified atom stereocenters. The molecular formula is C21H20N4O2. The van der Waals surface area contributed by atoms with Crippen LogP contribution in [0.1, 0.15) is 30.8 Å². The monoisotopic (exact) mass is 360 g/mol. The maximum Gasteiger partial charge on any atom is 0.306 e. The number of hydrogen-bond donors (Lipinski definition) is 2. The van der Waals surface area contributed by atoms with Crippen LogP contribution in [0.25, 0.3) is 22.2 Å². The smallest absolute Gasteiger partial charge is 0.306 e. The van der Waals surface area contributed by atoms with Crippen LogP contribution in [-0.2, 0) is 16.0 Å². The zero-order chi connectivity index (χ0) is 18.6. The lowest BCUT2D eigenvalue weighted by Gasteiger charge is -2.11. The summed E-state index contributed by atoms with van der Waals surface area (Å²) >= 11 is 0. The highest BCUT2D eigenvalue weighted by Crippen LogP contribution is 2.31. The third-order valence-corrected chi connectivity index (χ3v) is 4.58. The number of nitrogens with one attached hydrogen (secondary N) is 2. The first-order valence-corrected chi connectivity index (χ1v) is 8.92. The van der Waals surface area contributed by atoms with E-state index in [-0.39, 0.29) is 5.97 Å². The van der Waals surface area contributed by atoms with Crippen molar-refractivity contribution in [3.63, 3.8) is 0 Å². The number of rotatable bonds is 6. The minimum absolute atomic E-state index is 0.261. The fourth-order valence-corrected chi connectivity index (χ4v) is 3.26. The summed E-state index contributed by atoms with van der Waals surface area (Å²) in [6.07, 6.45) is 1.84. The highest BCUT2D eigenvalue weighted by molar-refractivity contribution is 5.91.